The fourth-order valence-electron chi connectivity index (χ4n) is 2.38. The van der Waals surface area contributed by atoms with Crippen LogP contribution in [0.15, 0.2) is 18.2 Å². The van der Waals surface area contributed by atoms with Gasteiger partial charge >= 0.3 is 6.09 Å². The topological polar surface area (TPSA) is 81.9 Å². The third-order valence-electron chi connectivity index (χ3n) is 3.51. The zero-order valence-electron chi connectivity index (χ0n) is 14.0. The van der Waals surface area contributed by atoms with E-state index in [2.05, 4.69) is 0 Å². The van der Waals surface area contributed by atoms with Gasteiger partial charge in [0.1, 0.15) is 22.5 Å². The maximum absolute atomic E-state index is 12.0. The minimum absolute atomic E-state index is 0.0451. The number of carbonyl (C=O) groups is 1. The molecule has 132 valence electrons. The number of nitro benzene ring substituents is 1. The molecular formula is C16H21ClN2O5. The quantitative estimate of drug-likeness (QED) is 0.603. The van der Waals surface area contributed by atoms with Crippen LogP contribution in [-0.2, 0) is 4.74 Å². The van der Waals surface area contributed by atoms with Crippen molar-refractivity contribution in [2.45, 2.75) is 45.3 Å². The summed E-state index contributed by atoms with van der Waals surface area (Å²) in [6, 6.07) is 4.30. The molecule has 0 spiro atoms. The van der Waals surface area contributed by atoms with Crippen LogP contribution in [-0.4, -0.2) is 40.7 Å². The highest BCUT2D eigenvalue weighted by molar-refractivity contribution is 6.32. The maximum Gasteiger partial charge on any atom is 0.410 e. The molecule has 1 aromatic carbocycles. The second kappa shape index (κ2) is 7.25. The van der Waals surface area contributed by atoms with E-state index in [0.717, 1.165) is 0 Å². The van der Waals surface area contributed by atoms with Crippen LogP contribution in [0.1, 0.15) is 33.6 Å². The molecule has 1 aliphatic rings. The smallest absolute Gasteiger partial charge is 0.410 e. The van der Waals surface area contributed by atoms with E-state index in [9.17, 15) is 14.9 Å². The molecule has 0 unspecified atom stereocenters. The normalized spacial score (nSPS) is 15.9. The zero-order chi connectivity index (χ0) is 17.9. The van der Waals surface area contributed by atoms with Gasteiger partial charge in [0.25, 0.3) is 5.69 Å². The molecule has 0 atom stereocenters. The summed E-state index contributed by atoms with van der Waals surface area (Å²) in [7, 11) is 0. The Balaban J connectivity index is 1.88. The van der Waals surface area contributed by atoms with Gasteiger partial charge < -0.3 is 14.4 Å². The summed E-state index contributed by atoms with van der Waals surface area (Å²) in [5.41, 5.74) is -0.663. The molecule has 2 rings (SSSR count). The van der Waals surface area contributed by atoms with Gasteiger partial charge in [-0.3, -0.25) is 10.1 Å². The number of carbonyl (C=O) groups excluding carboxylic acids is 1. The third kappa shape index (κ3) is 4.99. The molecule has 1 fully saturated rings. The molecule has 1 aliphatic heterocycles. The highest BCUT2D eigenvalue weighted by Gasteiger charge is 2.27. The van der Waals surface area contributed by atoms with Gasteiger partial charge in [0, 0.05) is 38.1 Å². The van der Waals surface area contributed by atoms with Crippen LogP contribution >= 0.6 is 11.6 Å². The molecular weight excluding hydrogens is 336 g/mol. The second-order valence-corrected chi connectivity index (χ2v) is 7.06. The van der Waals surface area contributed by atoms with Crippen LogP contribution < -0.4 is 4.74 Å². The van der Waals surface area contributed by atoms with E-state index in [4.69, 9.17) is 21.1 Å². The Morgan fingerprint density at radius 3 is 2.46 bits per heavy atom. The largest absolute Gasteiger partial charge is 0.490 e. The van der Waals surface area contributed by atoms with Gasteiger partial charge in [0.05, 0.1) is 4.92 Å². The van der Waals surface area contributed by atoms with Crippen LogP contribution in [0.3, 0.4) is 0 Å². The highest BCUT2D eigenvalue weighted by Crippen LogP contribution is 2.30. The Kier molecular flexibility index (Phi) is 5.54. The van der Waals surface area contributed by atoms with Crippen molar-refractivity contribution in [1.29, 1.82) is 0 Å². The van der Waals surface area contributed by atoms with E-state index >= 15 is 0 Å². The lowest BCUT2D eigenvalue weighted by Crippen LogP contribution is -2.44. The second-order valence-electron chi connectivity index (χ2n) is 6.65. The van der Waals surface area contributed by atoms with Crippen LogP contribution in [0, 0.1) is 10.1 Å². The lowest BCUT2D eigenvalue weighted by Gasteiger charge is -2.33. The number of halogens is 1. The first-order valence-electron chi connectivity index (χ1n) is 7.74. The Labute approximate surface area is 145 Å². The maximum atomic E-state index is 12.0. The highest BCUT2D eigenvalue weighted by atomic mass is 35.5. The monoisotopic (exact) mass is 356 g/mol. The van der Waals surface area contributed by atoms with Gasteiger partial charge in [0.2, 0.25) is 0 Å². The minimum atomic E-state index is -0.536. The van der Waals surface area contributed by atoms with Crippen molar-refractivity contribution < 1.29 is 19.2 Å². The van der Waals surface area contributed by atoms with Crippen molar-refractivity contribution in [2.24, 2.45) is 0 Å². The van der Waals surface area contributed by atoms with Gasteiger partial charge in [-0.25, -0.2) is 4.79 Å². The van der Waals surface area contributed by atoms with E-state index in [1.54, 1.807) is 4.90 Å². The van der Waals surface area contributed by atoms with Crippen molar-refractivity contribution in [3.63, 3.8) is 0 Å². The summed E-state index contributed by atoms with van der Waals surface area (Å²) in [6.07, 6.45) is 0.933. The lowest BCUT2D eigenvalue weighted by molar-refractivity contribution is -0.384. The number of hydrogen-bond donors (Lipinski definition) is 0. The van der Waals surface area contributed by atoms with E-state index in [0.29, 0.717) is 31.7 Å². The average Bonchev–Trinajstić information content (AvgIpc) is 2.45. The van der Waals surface area contributed by atoms with Crippen molar-refractivity contribution in [3.05, 3.63) is 33.3 Å². The van der Waals surface area contributed by atoms with E-state index in [-0.39, 0.29) is 22.9 Å². The number of likely N-dealkylation sites (tertiary alicyclic amines) is 1. The molecule has 1 aromatic rings. The van der Waals surface area contributed by atoms with Gasteiger partial charge in [-0.2, -0.15) is 0 Å². The van der Waals surface area contributed by atoms with Gasteiger partial charge in [-0.15, -0.1) is 0 Å². The minimum Gasteiger partial charge on any atom is -0.490 e. The van der Waals surface area contributed by atoms with E-state index < -0.39 is 10.5 Å². The van der Waals surface area contributed by atoms with Crippen molar-refractivity contribution >= 4 is 23.4 Å². The predicted octanol–water partition coefficient (Wildman–Crippen LogP) is 4.03. The number of benzene rings is 1. The lowest BCUT2D eigenvalue weighted by atomic mass is 10.1. The number of hydrogen-bond acceptors (Lipinski definition) is 5. The first-order valence-corrected chi connectivity index (χ1v) is 8.12. The number of amides is 1. The molecule has 7 nitrogen and oxygen atoms in total. The van der Waals surface area contributed by atoms with Gasteiger partial charge in [-0.05, 0) is 26.8 Å². The summed E-state index contributed by atoms with van der Waals surface area (Å²) in [6.45, 7) is 6.58. The van der Waals surface area contributed by atoms with Crippen molar-refractivity contribution in [2.75, 3.05) is 13.1 Å². The summed E-state index contributed by atoms with van der Waals surface area (Å²) in [5.74, 6) is 0.487. The summed E-state index contributed by atoms with van der Waals surface area (Å²) < 4.78 is 11.2. The molecule has 0 N–H and O–H groups in total. The number of nitro groups is 1. The number of piperidine rings is 1. The molecule has 0 aromatic heterocycles. The fourth-order valence-corrected chi connectivity index (χ4v) is 2.62. The molecule has 0 saturated carbocycles. The number of rotatable bonds is 3. The first kappa shape index (κ1) is 18.3. The number of ether oxygens (including phenoxy) is 2. The number of nitrogens with zero attached hydrogens (tertiary/aromatic N) is 2. The molecule has 24 heavy (non-hydrogen) atoms. The average molecular weight is 357 g/mol. The molecule has 1 saturated heterocycles. The van der Waals surface area contributed by atoms with Gasteiger partial charge in [0.15, 0.2) is 0 Å². The Bertz CT molecular complexity index is 621. The van der Waals surface area contributed by atoms with E-state index in [1.165, 1.54) is 18.2 Å². The fraction of sp³-hybridized carbons (Fsp3) is 0.562. The standard InChI is InChI=1S/C16H21ClN2O5/c1-16(2,3)24-15(20)18-8-6-11(7-9-18)23-12-4-5-14(19(21)22)13(17)10-12/h4-5,10-11H,6-9H2,1-3H3. The third-order valence-corrected chi connectivity index (χ3v) is 3.82. The van der Waals surface area contributed by atoms with Crippen LogP contribution in [0.5, 0.6) is 5.75 Å². The molecule has 8 heteroatoms. The van der Waals surface area contributed by atoms with Crippen molar-refractivity contribution in [3.8, 4) is 5.75 Å². The molecule has 1 amide bonds. The van der Waals surface area contributed by atoms with Crippen LogP contribution in [0.25, 0.3) is 0 Å². The van der Waals surface area contributed by atoms with Crippen LogP contribution in [0.2, 0.25) is 5.02 Å². The first-order chi connectivity index (χ1) is 11.2. The van der Waals surface area contributed by atoms with E-state index in [1.807, 2.05) is 20.8 Å². The molecule has 0 radical (unpaired) electrons. The molecule has 1 heterocycles. The van der Waals surface area contributed by atoms with Crippen LogP contribution in [0.4, 0.5) is 10.5 Å². The van der Waals surface area contributed by atoms with Gasteiger partial charge in [-0.1, -0.05) is 11.6 Å². The Morgan fingerprint density at radius 2 is 1.96 bits per heavy atom. The Morgan fingerprint density at radius 1 is 1.33 bits per heavy atom. The SMILES string of the molecule is CC(C)(C)OC(=O)N1CCC(Oc2ccc([N+](=O)[O-])c(Cl)c2)CC1. The van der Waals surface area contributed by atoms with Crippen molar-refractivity contribution in [1.82, 2.24) is 4.90 Å². The summed E-state index contributed by atoms with van der Waals surface area (Å²) in [4.78, 5) is 23.9. The summed E-state index contributed by atoms with van der Waals surface area (Å²) in [5, 5.41) is 10.8. The molecule has 0 bridgehead atoms. The Hall–Kier alpha value is -2.02. The summed E-state index contributed by atoms with van der Waals surface area (Å²) >= 11 is 5.88. The molecule has 0 aliphatic carbocycles. The predicted molar refractivity (Wildman–Crippen MR) is 89.6 cm³/mol. The zero-order valence-corrected chi connectivity index (χ0v) is 14.7.